The zero-order valence-electron chi connectivity index (χ0n) is 16.2. The Morgan fingerprint density at radius 3 is 2.54 bits per heavy atom. The highest BCUT2D eigenvalue weighted by atomic mass is 16.2. The fourth-order valence-corrected chi connectivity index (χ4v) is 3.63. The van der Waals surface area contributed by atoms with Crippen LogP contribution in [0.15, 0.2) is 42.7 Å². The summed E-state index contributed by atoms with van der Waals surface area (Å²) in [5.41, 5.74) is 5.36. The molecule has 0 bridgehead atoms. The monoisotopic (exact) mass is 376 g/mol. The van der Waals surface area contributed by atoms with Gasteiger partial charge in [0.2, 0.25) is 0 Å². The van der Waals surface area contributed by atoms with Gasteiger partial charge in [0.05, 0.1) is 17.4 Å². The van der Waals surface area contributed by atoms with Crippen LogP contribution in [0.4, 0.5) is 0 Å². The van der Waals surface area contributed by atoms with Gasteiger partial charge in [0.25, 0.3) is 11.8 Å². The van der Waals surface area contributed by atoms with Crippen LogP contribution < -0.4 is 5.32 Å². The van der Waals surface area contributed by atoms with E-state index in [0.717, 1.165) is 35.0 Å². The lowest BCUT2D eigenvalue weighted by Crippen LogP contribution is -2.46. The molecule has 28 heavy (non-hydrogen) atoms. The van der Waals surface area contributed by atoms with Crippen LogP contribution in [0.1, 0.15) is 44.7 Å². The van der Waals surface area contributed by atoms with E-state index in [0.29, 0.717) is 18.7 Å². The number of benzene rings is 2. The van der Waals surface area contributed by atoms with Crippen molar-refractivity contribution < 1.29 is 9.59 Å². The maximum atomic E-state index is 12.7. The SMILES string of the molecule is Cc1ccc(C(=O)N2CCC(NC(=O)c3ccc4nc[nH]c4c3)CC2)cc1C. The van der Waals surface area contributed by atoms with Gasteiger partial charge in [0, 0.05) is 30.3 Å². The smallest absolute Gasteiger partial charge is 0.253 e. The predicted octanol–water partition coefficient (Wildman–Crippen LogP) is 3.21. The topological polar surface area (TPSA) is 78.1 Å². The van der Waals surface area contributed by atoms with E-state index in [9.17, 15) is 9.59 Å². The van der Waals surface area contributed by atoms with Gasteiger partial charge in [0.1, 0.15) is 0 Å². The Balaban J connectivity index is 1.35. The number of nitrogens with one attached hydrogen (secondary N) is 2. The third kappa shape index (κ3) is 3.63. The quantitative estimate of drug-likeness (QED) is 0.737. The average Bonchev–Trinajstić information content (AvgIpc) is 3.18. The van der Waals surface area contributed by atoms with E-state index in [1.165, 1.54) is 5.56 Å². The fourth-order valence-electron chi connectivity index (χ4n) is 3.63. The first-order valence-corrected chi connectivity index (χ1v) is 9.62. The first-order chi connectivity index (χ1) is 13.5. The Morgan fingerprint density at radius 1 is 1.04 bits per heavy atom. The van der Waals surface area contributed by atoms with E-state index in [-0.39, 0.29) is 17.9 Å². The summed E-state index contributed by atoms with van der Waals surface area (Å²) in [6.07, 6.45) is 3.14. The maximum Gasteiger partial charge on any atom is 0.253 e. The average molecular weight is 376 g/mol. The van der Waals surface area contributed by atoms with Gasteiger partial charge < -0.3 is 15.2 Å². The number of likely N-dealkylation sites (tertiary alicyclic amines) is 1. The van der Waals surface area contributed by atoms with E-state index >= 15 is 0 Å². The molecule has 1 aliphatic rings. The van der Waals surface area contributed by atoms with Crippen LogP contribution in [0.2, 0.25) is 0 Å². The number of hydrogen-bond acceptors (Lipinski definition) is 3. The van der Waals surface area contributed by atoms with E-state index in [1.54, 1.807) is 12.4 Å². The second kappa shape index (κ2) is 7.46. The number of imidazole rings is 1. The molecule has 1 saturated heterocycles. The largest absolute Gasteiger partial charge is 0.349 e. The summed E-state index contributed by atoms with van der Waals surface area (Å²) in [6.45, 7) is 5.36. The second-order valence-electron chi connectivity index (χ2n) is 7.47. The summed E-state index contributed by atoms with van der Waals surface area (Å²) in [4.78, 5) is 34.4. The number of carbonyl (C=O) groups excluding carboxylic acids is 2. The molecule has 2 aromatic carbocycles. The van der Waals surface area contributed by atoms with Crippen molar-refractivity contribution >= 4 is 22.8 Å². The van der Waals surface area contributed by atoms with Crippen molar-refractivity contribution in [3.05, 3.63) is 65.0 Å². The van der Waals surface area contributed by atoms with Crippen molar-refractivity contribution in [3.63, 3.8) is 0 Å². The highest BCUT2D eigenvalue weighted by Gasteiger charge is 2.25. The van der Waals surface area contributed by atoms with Gasteiger partial charge in [-0.1, -0.05) is 6.07 Å². The van der Waals surface area contributed by atoms with Gasteiger partial charge in [-0.15, -0.1) is 0 Å². The second-order valence-corrected chi connectivity index (χ2v) is 7.47. The lowest BCUT2D eigenvalue weighted by atomic mass is 10.0. The van der Waals surface area contributed by atoms with Crippen LogP contribution in [-0.2, 0) is 0 Å². The van der Waals surface area contributed by atoms with Crippen molar-refractivity contribution in [2.24, 2.45) is 0 Å². The number of amides is 2. The van der Waals surface area contributed by atoms with E-state index in [2.05, 4.69) is 15.3 Å². The number of fused-ring (bicyclic) bond motifs is 1. The van der Waals surface area contributed by atoms with E-state index in [4.69, 9.17) is 0 Å². The summed E-state index contributed by atoms with van der Waals surface area (Å²) in [5, 5.41) is 3.10. The molecule has 0 unspecified atom stereocenters. The molecule has 6 nitrogen and oxygen atoms in total. The number of H-pyrrole nitrogens is 1. The first-order valence-electron chi connectivity index (χ1n) is 9.62. The zero-order chi connectivity index (χ0) is 19.7. The number of nitrogens with zero attached hydrogens (tertiary/aromatic N) is 2. The van der Waals surface area contributed by atoms with Crippen molar-refractivity contribution in [2.45, 2.75) is 32.7 Å². The summed E-state index contributed by atoms with van der Waals surface area (Å²) in [6, 6.07) is 11.4. The number of carbonyl (C=O) groups is 2. The Morgan fingerprint density at radius 2 is 1.79 bits per heavy atom. The third-order valence-corrected chi connectivity index (χ3v) is 5.55. The Hall–Kier alpha value is -3.15. The van der Waals surface area contributed by atoms with Crippen molar-refractivity contribution in [2.75, 3.05) is 13.1 Å². The number of aryl methyl sites for hydroxylation is 2. The molecular weight excluding hydrogens is 352 g/mol. The highest BCUT2D eigenvalue weighted by molar-refractivity contribution is 5.97. The highest BCUT2D eigenvalue weighted by Crippen LogP contribution is 2.17. The molecule has 0 spiro atoms. The number of aromatic nitrogens is 2. The molecular formula is C22H24N4O2. The molecule has 0 atom stereocenters. The molecule has 0 aliphatic carbocycles. The van der Waals surface area contributed by atoms with Gasteiger partial charge in [-0.25, -0.2) is 4.98 Å². The predicted molar refractivity (Wildman–Crippen MR) is 108 cm³/mol. The minimum absolute atomic E-state index is 0.0672. The van der Waals surface area contributed by atoms with Gasteiger partial charge in [-0.2, -0.15) is 0 Å². The van der Waals surface area contributed by atoms with Crippen LogP contribution in [0.3, 0.4) is 0 Å². The first kappa shape index (κ1) is 18.2. The minimum Gasteiger partial charge on any atom is -0.349 e. The standard InChI is InChI=1S/C22H24N4O2/c1-14-3-4-17(11-15(14)2)22(28)26-9-7-18(8-10-26)25-21(27)16-5-6-19-20(12-16)24-13-23-19/h3-6,11-13,18H,7-10H2,1-2H3,(H,23,24)(H,25,27). The molecule has 0 radical (unpaired) electrons. The van der Waals surface area contributed by atoms with Crippen LogP contribution >= 0.6 is 0 Å². The molecule has 3 aromatic rings. The summed E-state index contributed by atoms with van der Waals surface area (Å²) < 4.78 is 0. The van der Waals surface area contributed by atoms with Crippen LogP contribution in [0.5, 0.6) is 0 Å². The molecule has 0 saturated carbocycles. The van der Waals surface area contributed by atoms with Crippen LogP contribution in [0, 0.1) is 13.8 Å². The number of hydrogen-bond donors (Lipinski definition) is 2. The summed E-state index contributed by atoms with van der Waals surface area (Å²) in [7, 11) is 0. The van der Waals surface area contributed by atoms with Crippen LogP contribution in [-0.4, -0.2) is 45.8 Å². The molecule has 1 aliphatic heterocycles. The van der Waals surface area contributed by atoms with Crippen molar-refractivity contribution in [1.82, 2.24) is 20.2 Å². The van der Waals surface area contributed by atoms with Crippen molar-refractivity contribution in [3.8, 4) is 0 Å². The van der Waals surface area contributed by atoms with Gasteiger partial charge >= 0.3 is 0 Å². The number of piperidine rings is 1. The maximum absolute atomic E-state index is 12.7. The lowest BCUT2D eigenvalue weighted by molar-refractivity contribution is 0.0698. The number of rotatable bonds is 3. The molecule has 4 rings (SSSR count). The Bertz CT molecular complexity index is 1030. The molecule has 2 heterocycles. The molecule has 144 valence electrons. The molecule has 2 amide bonds. The van der Waals surface area contributed by atoms with Crippen molar-refractivity contribution in [1.29, 1.82) is 0 Å². The van der Waals surface area contributed by atoms with Gasteiger partial charge in [-0.05, 0) is 68.1 Å². The molecule has 1 aromatic heterocycles. The molecule has 6 heteroatoms. The summed E-state index contributed by atoms with van der Waals surface area (Å²) >= 11 is 0. The Kier molecular flexibility index (Phi) is 4.86. The number of aromatic amines is 1. The normalized spacial score (nSPS) is 15.0. The fraction of sp³-hybridized carbons (Fsp3) is 0.318. The summed E-state index contributed by atoms with van der Waals surface area (Å²) in [5.74, 6) is -0.0204. The van der Waals surface area contributed by atoms with E-state index in [1.807, 2.05) is 49.1 Å². The third-order valence-electron chi connectivity index (χ3n) is 5.55. The minimum atomic E-state index is -0.0876. The lowest BCUT2D eigenvalue weighted by Gasteiger charge is -2.32. The Labute approximate surface area is 164 Å². The van der Waals surface area contributed by atoms with E-state index < -0.39 is 0 Å². The molecule has 1 fully saturated rings. The van der Waals surface area contributed by atoms with Gasteiger partial charge in [-0.3, -0.25) is 9.59 Å². The zero-order valence-corrected chi connectivity index (χ0v) is 16.2. The molecule has 2 N–H and O–H groups in total. The van der Waals surface area contributed by atoms with Crippen LogP contribution in [0.25, 0.3) is 11.0 Å². The van der Waals surface area contributed by atoms with Gasteiger partial charge in [0.15, 0.2) is 0 Å².